The predicted molar refractivity (Wildman–Crippen MR) is 92.1 cm³/mol. The number of methoxy groups -OCH3 is 1. The van der Waals surface area contributed by atoms with Crippen LogP contribution < -0.4 is 9.64 Å². The van der Waals surface area contributed by atoms with Gasteiger partial charge in [0.05, 0.1) is 7.11 Å². The lowest BCUT2D eigenvalue weighted by Gasteiger charge is -2.31. The lowest BCUT2D eigenvalue weighted by atomic mass is 10.1. The van der Waals surface area contributed by atoms with Crippen molar-refractivity contribution in [2.75, 3.05) is 19.1 Å². The molecule has 0 radical (unpaired) electrons. The Balaban J connectivity index is 1.90. The fraction of sp³-hybridized carbons (Fsp3) is 0.500. The Labute approximate surface area is 142 Å². The highest BCUT2D eigenvalue weighted by Crippen LogP contribution is 2.37. The van der Waals surface area contributed by atoms with E-state index in [0.717, 1.165) is 24.3 Å². The maximum absolute atomic E-state index is 13.1. The molecule has 0 spiro atoms. The molecule has 1 aromatic rings. The molecule has 2 aliphatic rings. The number of carbonyl (C=O) groups is 2. The summed E-state index contributed by atoms with van der Waals surface area (Å²) in [6, 6.07) is 7.61. The molecule has 0 N–H and O–H groups in total. The van der Waals surface area contributed by atoms with Crippen LogP contribution >= 0.6 is 0 Å². The molecule has 3 rings (SSSR count). The third-order valence-electron chi connectivity index (χ3n) is 4.74. The fourth-order valence-electron chi connectivity index (χ4n) is 3.03. The van der Waals surface area contributed by atoms with E-state index in [1.54, 1.807) is 14.2 Å². The summed E-state index contributed by atoms with van der Waals surface area (Å²) in [5.74, 6) is 1.11. The molecule has 6 heteroatoms. The van der Waals surface area contributed by atoms with Gasteiger partial charge in [0, 0.05) is 31.6 Å². The van der Waals surface area contributed by atoms with Gasteiger partial charge in [-0.05, 0) is 49.9 Å². The summed E-state index contributed by atoms with van der Waals surface area (Å²) in [5.41, 5.74) is 1.28. The lowest BCUT2D eigenvalue weighted by Crippen LogP contribution is -2.46. The third-order valence-corrected chi connectivity index (χ3v) is 4.74. The van der Waals surface area contributed by atoms with E-state index in [2.05, 4.69) is 12.0 Å². The highest BCUT2D eigenvalue weighted by Gasteiger charge is 2.37. The first-order valence-electron chi connectivity index (χ1n) is 8.33. The van der Waals surface area contributed by atoms with Crippen molar-refractivity contribution in [1.29, 1.82) is 0 Å². The Morgan fingerprint density at radius 1 is 1.29 bits per heavy atom. The standard InChI is InChI=1S/C18H23N3O3/c1-12(13-4-5-13)21(14-6-8-15(24-3)9-7-14)18(23)16-10-11-17(22)20(2)19-16/h6-9,12-13H,4-5,10-11H2,1-3H3. The molecular formula is C18H23N3O3. The molecule has 0 aromatic heterocycles. The van der Waals surface area contributed by atoms with Crippen molar-refractivity contribution >= 4 is 23.2 Å². The fourth-order valence-corrected chi connectivity index (χ4v) is 3.03. The number of carbonyl (C=O) groups excluding carboxylic acids is 2. The maximum Gasteiger partial charge on any atom is 0.274 e. The van der Waals surface area contributed by atoms with Crippen LogP contribution in [0.25, 0.3) is 0 Å². The van der Waals surface area contributed by atoms with Crippen molar-refractivity contribution in [3.8, 4) is 5.75 Å². The van der Waals surface area contributed by atoms with Crippen LogP contribution in [-0.2, 0) is 9.59 Å². The first-order chi connectivity index (χ1) is 11.5. The van der Waals surface area contributed by atoms with Crippen molar-refractivity contribution < 1.29 is 14.3 Å². The normalized spacial score (nSPS) is 18.9. The maximum atomic E-state index is 13.1. The van der Waals surface area contributed by atoms with Gasteiger partial charge in [0.1, 0.15) is 11.5 Å². The number of ether oxygens (including phenoxy) is 1. The second-order valence-electron chi connectivity index (χ2n) is 6.42. The van der Waals surface area contributed by atoms with E-state index in [1.165, 1.54) is 5.01 Å². The van der Waals surface area contributed by atoms with E-state index in [9.17, 15) is 9.59 Å². The van der Waals surface area contributed by atoms with Gasteiger partial charge in [-0.1, -0.05) is 0 Å². The zero-order valence-electron chi connectivity index (χ0n) is 14.4. The summed E-state index contributed by atoms with van der Waals surface area (Å²) in [5, 5.41) is 5.46. The Hall–Kier alpha value is -2.37. The summed E-state index contributed by atoms with van der Waals surface area (Å²) >= 11 is 0. The molecule has 1 aliphatic carbocycles. The van der Waals surface area contributed by atoms with E-state index in [1.807, 2.05) is 29.2 Å². The quantitative estimate of drug-likeness (QED) is 0.833. The second kappa shape index (κ2) is 6.63. The van der Waals surface area contributed by atoms with Crippen LogP contribution in [-0.4, -0.2) is 42.7 Å². The van der Waals surface area contributed by atoms with Crippen molar-refractivity contribution in [2.45, 2.75) is 38.6 Å². The molecule has 1 aliphatic heterocycles. The molecule has 128 valence electrons. The Morgan fingerprint density at radius 2 is 1.96 bits per heavy atom. The van der Waals surface area contributed by atoms with Crippen LogP contribution in [0.2, 0.25) is 0 Å². The number of benzene rings is 1. The topological polar surface area (TPSA) is 62.2 Å². The van der Waals surface area contributed by atoms with Crippen LogP contribution in [0, 0.1) is 5.92 Å². The van der Waals surface area contributed by atoms with Crippen molar-refractivity contribution in [1.82, 2.24) is 5.01 Å². The average Bonchev–Trinajstić information content (AvgIpc) is 3.43. The molecule has 0 bridgehead atoms. The van der Waals surface area contributed by atoms with Gasteiger partial charge in [-0.15, -0.1) is 0 Å². The zero-order valence-corrected chi connectivity index (χ0v) is 14.4. The summed E-state index contributed by atoms with van der Waals surface area (Å²) in [7, 11) is 3.21. The number of rotatable bonds is 5. The monoisotopic (exact) mass is 329 g/mol. The van der Waals surface area contributed by atoms with Crippen LogP contribution in [0.5, 0.6) is 5.75 Å². The average molecular weight is 329 g/mol. The second-order valence-corrected chi connectivity index (χ2v) is 6.42. The number of nitrogens with zero attached hydrogens (tertiary/aromatic N) is 3. The molecule has 1 saturated carbocycles. The SMILES string of the molecule is COc1ccc(N(C(=O)C2=NN(C)C(=O)CC2)C(C)C2CC2)cc1. The molecule has 1 heterocycles. The Morgan fingerprint density at radius 3 is 2.50 bits per heavy atom. The molecule has 0 saturated heterocycles. The smallest absolute Gasteiger partial charge is 0.274 e. The Kier molecular flexibility index (Phi) is 4.55. The molecule has 2 amide bonds. The largest absolute Gasteiger partial charge is 0.497 e. The van der Waals surface area contributed by atoms with E-state index in [4.69, 9.17) is 4.74 Å². The van der Waals surface area contributed by atoms with Gasteiger partial charge in [0.15, 0.2) is 0 Å². The molecule has 6 nitrogen and oxygen atoms in total. The van der Waals surface area contributed by atoms with E-state index < -0.39 is 0 Å². The van der Waals surface area contributed by atoms with Crippen LogP contribution in [0.4, 0.5) is 5.69 Å². The first-order valence-corrected chi connectivity index (χ1v) is 8.33. The Bertz CT molecular complexity index is 665. The minimum Gasteiger partial charge on any atom is -0.497 e. The molecule has 24 heavy (non-hydrogen) atoms. The third kappa shape index (κ3) is 3.27. The van der Waals surface area contributed by atoms with Gasteiger partial charge in [-0.3, -0.25) is 9.59 Å². The van der Waals surface area contributed by atoms with Gasteiger partial charge < -0.3 is 9.64 Å². The van der Waals surface area contributed by atoms with Crippen LogP contribution in [0.3, 0.4) is 0 Å². The van der Waals surface area contributed by atoms with Crippen molar-refractivity contribution in [2.24, 2.45) is 11.0 Å². The molecule has 1 unspecified atom stereocenters. The number of anilines is 1. The minimum atomic E-state index is -0.112. The summed E-state index contributed by atoms with van der Waals surface area (Å²) in [6.45, 7) is 2.08. The number of hydrazone groups is 1. The summed E-state index contributed by atoms with van der Waals surface area (Å²) in [4.78, 5) is 26.5. The first kappa shape index (κ1) is 16.5. The van der Waals surface area contributed by atoms with E-state index >= 15 is 0 Å². The molecule has 1 aromatic carbocycles. The van der Waals surface area contributed by atoms with Gasteiger partial charge in [-0.25, -0.2) is 5.01 Å². The van der Waals surface area contributed by atoms with Gasteiger partial charge in [0.2, 0.25) is 5.91 Å². The summed E-state index contributed by atoms with van der Waals surface area (Å²) in [6.07, 6.45) is 3.01. The highest BCUT2D eigenvalue weighted by molar-refractivity contribution is 6.44. The van der Waals surface area contributed by atoms with Gasteiger partial charge in [-0.2, -0.15) is 5.10 Å². The highest BCUT2D eigenvalue weighted by atomic mass is 16.5. The van der Waals surface area contributed by atoms with Crippen LogP contribution in [0.15, 0.2) is 29.4 Å². The lowest BCUT2D eigenvalue weighted by molar-refractivity contribution is -0.130. The van der Waals surface area contributed by atoms with Crippen molar-refractivity contribution in [3.63, 3.8) is 0 Å². The van der Waals surface area contributed by atoms with Crippen molar-refractivity contribution in [3.05, 3.63) is 24.3 Å². The van der Waals surface area contributed by atoms with E-state index in [0.29, 0.717) is 24.5 Å². The molecule has 1 fully saturated rings. The molecule has 1 atom stereocenters. The molecular weight excluding hydrogens is 306 g/mol. The number of hydrogen-bond donors (Lipinski definition) is 0. The zero-order chi connectivity index (χ0) is 17.3. The van der Waals surface area contributed by atoms with Gasteiger partial charge in [0.25, 0.3) is 5.91 Å². The van der Waals surface area contributed by atoms with Gasteiger partial charge >= 0.3 is 0 Å². The van der Waals surface area contributed by atoms with Crippen LogP contribution in [0.1, 0.15) is 32.6 Å². The summed E-state index contributed by atoms with van der Waals surface area (Å²) < 4.78 is 5.20. The van der Waals surface area contributed by atoms with E-state index in [-0.39, 0.29) is 17.9 Å². The number of hydrogen-bond acceptors (Lipinski definition) is 4. The minimum absolute atomic E-state index is 0.0576. The predicted octanol–water partition coefficient (Wildman–Crippen LogP) is 2.43. The number of amides is 2.